The molecule has 4 rings (SSSR count). The summed E-state index contributed by atoms with van der Waals surface area (Å²) in [6, 6.07) is 0. The van der Waals surface area contributed by atoms with Crippen molar-refractivity contribution in [1.82, 2.24) is 0 Å². The molecule has 0 aliphatic heterocycles. The Morgan fingerprint density at radius 3 is 2.39 bits per heavy atom. The van der Waals surface area contributed by atoms with Crippen molar-refractivity contribution in [1.29, 1.82) is 0 Å². The van der Waals surface area contributed by atoms with Gasteiger partial charge in [0.05, 0.1) is 12.2 Å². The number of fused-ring (bicyclic) bond motifs is 5. The van der Waals surface area contributed by atoms with Crippen LogP contribution < -0.4 is 0 Å². The quantitative estimate of drug-likeness (QED) is 0.752. The Bertz CT molecular complexity index is 461. The molecule has 0 spiro atoms. The van der Waals surface area contributed by atoms with Gasteiger partial charge in [-0.2, -0.15) is 0 Å². The maximum absolute atomic E-state index is 10.6. The molecule has 4 saturated carbocycles. The highest BCUT2D eigenvalue weighted by atomic mass is 16.3. The normalized spacial score (nSPS) is 56.1. The minimum atomic E-state index is -0.0608. The lowest BCUT2D eigenvalue weighted by Gasteiger charge is -2.63. The lowest BCUT2D eigenvalue weighted by atomic mass is 9.42. The summed E-state index contributed by atoms with van der Waals surface area (Å²) < 4.78 is 0. The van der Waals surface area contributed by atoms with Crippen LogP contribution in [-0.4, -0.2) is 22.4 Å². The second-order valence-electron chi connectivity index (χ2n) is 9.98. The van der Waals surface area contributed by atoms with Gasteiger partial charge in [-0.3, -0.25) is 0 Å². The molecule has 0 heterocycles. The van der Waals surface area contributed by atoms with Crippen LogP contribution in [0.5, 0.6) is 0 Å². The summed E-state index contributed by atoms with van der Waals surface area (Å²) in [6.07, 6.45) is 10.7. The first kappa shape index (κ1) is 16.4. The Kier molecular flexibility index (Phi) is 3.89. The lowest BCUT2D eigenvalue weighted by Crippen LogP contribution is -2.57. The van der Waals surface area contributed by atoms with Crippen LogP contribution in [0, 0.1) is 40.4 Å². The van der Waals surface area contributed by atoms with Crippen molar-refractivity contribution in [2.75, 3.05) is 0 Å². The van der Waals surface area contributed by atoms with Gasteiger partial charge in [-0.05, 0) is 98.2 Å². The summed E-state index contributed by atoms with van der Waals surface area (Å²) in [4.78, 5) is 0. The van der Waals surface area contributed by atoms with Gasteiger partial charge in [0.15, 0.2) is 0 Å². The van der Waals surface area contributed by atoms with Crippen molar-refractivity contribution in [3.05, 3.63) is 0 Å². The number of hydrogen-bond acceptors (Lipinski definition) is 2. The minimum Gasteiger partial charge on any atom is -0.393 e. The monoisotopic (exact) mass is 320 g/mol. The Labute approximate surface area is 142 Å². The largest absolute Gasteiger partial charge is 0.393 e. The molecular weight excluding hydrogens is 284 g/mol. The standard InChI is InChI=1S/C21H36O2/c1-13(2)21-11-8-15(22)12-14(21)4-5-16-17-6-7-19(23)20(17,3)10-9-18(16)21/h13-19,22-23H,4-12H2,1-3H3/t14?,15?,16?,17?,18-,19?,20-,21+/m0/s1. The zero-order valence-electron chi connectivity index (χ0n) is 15.3. The van der Waals surface area contributed by atoms with E-state index in [0.29, 0.717) is 5.41 Å². The van der Waals surface area contributed by atoms with Crippen molar-refractivity contribution in [3.8, 4) is 0 Å². The van der Waals surface area contributed by atoms with E-state index in [1.807, 2.05) is 0 Å². The van der Waals surface area contributed by atoms with Crippen LogP contribution in [0.4, 0.5) is 0 Å². The average Bonchev–Trinajstić information content (AvgIpc) is 2.82. The van der Waals surface area contributed by atoms with E-state index in [9.17, 15) is 10.2 Å². The molecule has 132 valence electrons. The van der Waals surface area contributed by atoms with Crippen molar-refractivity contribution in [2.24, 2.45) is 40.4 Å². The van der Waals surface area contributed by atoms with Crippen LogP contribution in [0.1, 0.15) is 78.6 Å². The number of hydrogen-bond donors (Lipinski definition) is 2. The highest BCUT2D eigenvalue weighted by Crippen LogP contribution is 2.68. The van der Waals surface area contributed by atoms with Gasteiger partial charge in [-0.25, -0.2) is 0 Å². The summed E-state index contributed by atoms with van der Waals surface area (Å²) in [7, 11) is 0. The number of aliphatic hydroxyl groups is 2. The zero-order chi connectivity index (χ0) is 16.4. The summed E-state index contributed by atoms with van der Waals surface area (Å²) in [5.74, 6) is 3.89. The second kappa shape index (κ2) is 5.46. The molecule has 0 saturated heterocycles. The van der Waals surface area contributed by atoms with Crippen molar-refractivity contribution >= 4 is 0 Å². The Morgan fingerprint density at radius 1 is 0.870 bits per heavy atom. The van der Waals surface area contributed by atoms with E-state index in [0.717, 1.165) is 48.9 Å². The van der Waals surface area contributed by atoms with E-state index < -0.39 is 0 Å². The Morgan fingerprint density at radius 2 is 1.65 bits per heavy atom. The molecule has 0 bridgehead atoms. The van der Waals surface area contributed by atoms with E-state index in [1.54, 1.807) is 0 Å². The van der Waals surface area contributed by atoms with Gasteiger partial charge in [0.1, 0.15) is 0 Å². The average molecular weight is 321 g/mol. The van der Waals surface area contributed by atoms with Crippen LogP contribution in [0.3, 0.4) is 0 Å². The van der Waals surface area contributed by atoms with Gasteiger partial charge in [-0.15, -0.1) is 0 Å². The predicted molar refractivity (Wildman–Crippen MR) is 92.9 cm³/mol. The molecule has 8 atom stereocenters. The minimum absolute atomic E-state index is 0.0504. The Hall–Kier alpha value is -0.0800. The number of aliphatic hydroxyl groups excluding tert-OH is 2. The highest BCUT2D eigenvalue weighted by Gasteiger charge is 2.62. The van der Waals surface area contributed by atoms with Gasteiger partial charge >= 0.3 is 0 Å². The number of rotatable bonds is 1. The van der Waals surface area contributed by atoms with Gasteiger partial charge in [0, 0.05) is 0 Å². The SMILES string of the molecule is CC(C)[C@]12CCC(O)CC1CCC1C3CCC(O)[C@@]3(C)CC[C@@H]12. The Balaban J connectivity index is 1.68. The van der Waals surface area contributed by atoms with Crippen molar-refractivity contribution in [2.45, 2.75) is 90.8 Å². The molecule has 0 radical (unpaired) electrons. The third-order valence-electron chi connectivity index (χ3n) is 9.23. The van der Waals surface area contributed by atoms with Crippen molar-refractivity contribution < 1.29 is 10.2 Å². The molecule has 4 fully saturated rings. The molecule has 4 aliphatic rings. The lowest BCUT2D eigenvalue weighted by molar-refractivity contribution is -0.160. The first-order valence-electron chi connectivity index (χ1n) is 10.3. The molecule has 5 unspecified atom stereocenters. The van der Waals surface area contributed by atoms with Gasteiger partial charge in [0.25, 0.3) is 0 Å². The van der Waals surface area contributed by atoms with E-state index in [-0.39, 0.29) is 17.6 Å². The van der Waals surface area contributed by atoms with Crippen LogP contribution in [0.2, 0.25) is 0 Å². The molecule has 0 aromatic carbocycles. The predicted octanol–water partition coefficient (Wildman–Crippen LogP) is 4.39. The molecule has 23 heavy (non-hydrogen) atoms. The van der Waals surface area contributed by atoms with Crippen LogP contribution >= 0.6 is 0 Å². The molecule has 2 heteroatoms. The first-order valence-corrected chi connectivity index (χ1v) is 10.3. The van der Waals surface area contributed by atoms with Gasteiger partial charge in [-0.1, -0.05) is 20.8 Å². The van der Waals surface area contributed by atoms with Crippen LogP contribution in [0.25, 0.3) is 0 Å². The van der Waals surface area contributed by atoms with Gasteiger partial charge < -0.3 is 10.2 Å². The van der Waals surface area contributed by atoms with E-state index in [2.05, 4.69) is 20.8 Å². The second-order valence-corrected chi connectivity index (χ2v) is 9.98. The first-order chi connectivity index (χ1) is 10.9. The topological polar surface area (TPSA) is 40.5 Å². The fourth-order valence-electron chi connectivity index (χ4n) is 8.07. The molecule has 0 aromatic heterocycles. The smallest absolute Gasteiger partial charge is 0.0596 e. The summed E-state index contributed by atoms with van der Waals surface area (Å²) in [5, 5.41) is 20.8. The van der Waals surface area contributed by atoms with E-state index >= 15 is 0 Å². The fourth-order valence-corrected chi connectivity index (χ4v) is 8.07. The third kappa shape index (κ3) is 2.13. The molecule has 2 nitrogen and oxygen atoms in total. The summed E-state index contributed by atoms with van der Waals surface area (Å²) in [6.45, 7) is 7.28. The molecular formula is C21H36O2. The fraction of sp³-hybridized carbons (Fsp3) is 1.00. The zero-order valence-corrected chi connectivity index (χ0v) is 15.3. The molecule has 0 aromatic rings. The highest BCUT2D eigenvalue weighted by molar-refractivity contribution is 5.11. The van der Waals surface area contributed by atoms with Crippen LogP contribution in [-0.2, 0) is 0 Å². The molecule has 2 N–H and O–H groups in total. The van der Waals surface area contributed by atoms with Crippen molar-refractivity contribution in [3.63, 3.8) is 0 Å². The maximum Gasteiger partial charge on any atom is 0.0596 e. The summed E-state index contributed by atoms with van der Waals surface area (Å²) >= 11 is 0. The van der Waals surface area contributed by atoms with E-state index in [4.69, 9.17) is 0 Å². The third-order valence-corrected chi connectivity index (χ3v) is 9.23. The summed E-state index contributed by atoms with van der Waals surface area (Å²) in [5.41, 5.74) is 0.664. The van der Waals surface area contributed by atoms with E-state index in [1.165, 1.54) is 38.5 Å². The molecule has 0 amide bonds. The van der Waals surface area contributed by atoms with Gasteiger partial charge in [0.2, 0.25) is 0 Å². The van der Waals surface area contributed by atoms with Crippen LogP contribution in [0.15, 0.2) is 0 Å². The molecule has 4 aliphatic carbocycles. The maximum atomic E-state index is 10.6.